The Labute approximate surface area is 117 Å². The predicted octanol–water partition coefficient (Wildman–Crippen LogP) is 3.34. The van der Waals surface area contributed by atoms with E-state index in [-0.39, 0.29) is 0 Å². The van der Waals surface area contributed by atoms with Crippen molar-refractivity contribution in [3.05, 3.63) is 35.4 Å². The highest BCUT2D eigenvalue weighted by atomic mass is 16.5. The summed E-state index contributed by atoms with van der Waals surface area (Å²) in [5.41, 5.74) is 2.85. The van der Waals surface area contributed by atoms with Crippen molar-refractivity contribution < 1.29 is 4.74 Å². The van der Waals surface area contributed by atoms with Crippen LogP contribution in [0.4, 0.5) is 0 Å². The Balaban J connectivity index is 1.79. The van der Waals surface area contributed by atoms with Gasteiger partial charge in [0.1, 0.15) is 0 Å². The van der Waals surface area contributed by atoms with E-state index in [0.29, 0.717) is 12.1 Å². The fourth-order valence-corrected chi connectivity index (χ4v) is 2.80. The lowest BCUT2D eigenvalue weighted by Crippen LogP contribution is -2.28. The van der Waals surface area contributed by atoms with Gasteiger partial charge in [0.15, 0.2) is 0 Å². The summed E-state index contributed by atoms with van der Waals surface area (Å²) in [6, 6.07) is 9.62. The summed E-state index contributed by atoms with van der Waals surface area (Å²) in [5, 5.41) is 3.45. The Hall–Kier alpha value is -0.860. The van der Waals surface area contributed by atoms with Crippen LogP contribution >= 0.6 is 0 Å². The van der Waals surface area contributed by atoms with Gasteiger partial charge in [0, 0.05) is 12.6 Å². The van der Waals surface area contributed by atoms with Gasteiger partial charge in [-0.05, 0) is 56.7 Å². The number of hydrogen-bond acceptors (Lipinski definition) is 2. The summed E-state index contributed by atoms with van der Waals surface area (Å²) in [4.78, 5) is 0. The molecule has 0 bridgehead atoms. The number of ether oxygens (including phenoxy) is 1. The first-order valence-corrected chi connectivity index (χ1v) is 7.68. The molecule has 2 atom stereocenters. The van der Waals surface area contributed by atoms with Crippen LogP contribution in [0.5, 0.6) is 0 Å². The summed E-state index contributed by atoms with van der Waals surface area (Å²) in [6.07, 6.45) is 7.64. The highest BCUT2D eigenvalue weighted by Crippen LogP contribution is 2.19. The van der Waals surface area contributed by atoms with Gasteiger partial charge < -0.3 is 10.1 Å². The highest BCUT2D eigenvalue weighted by Gasteiger charge is 2.17. The van der Waals surface area contributed by atoms with Crippen LogP contribution in [0.1, 0.15) is 43.7 Å². The molecule has 0 aliphatic carbocycles. The van der Waals surface area contributed by atoms with E-state index in [1.807, 2.05) is 0 Å². The summed E-state index contributed by atoms with van der Waals surface area (Å²) in [6.45, 7) is 3.17. The molecule has 0 radical (unpaired) electrons. The molecule has 2 heteroatoms. The third kappa shape index (κ3) is 4.63. The van der Waals surface area contributed by atoms with Gasteiger partial charge in [-0.15, -0.1) is 0 Å². The second-order valence-electron chi connectivity index (χ2n) is 5.57. The number of hydrogen-bond donors (Lipinski definition) is 1. The Morgan fingerprint density at radius 3 is 2.58 bits per heavy atom. The van der Waals surface area contributed by atoms with Crippen LogP contribution in [0.15, 0.2) is 24.3 Å². The molecule has 0 aromatic heterocycles. The van der Waals surface area contributed by atoms with E-state index in [2.05, 4.69) is 43.6 Å². The molecule has 1 aliphatic rings. The summed E-state index contributed by atoms with van der Waals surface area (Å²) < 4.78 is 5.70. The van der Waals surface area contributed by atoms with Crippen molar-refractivity contribution in [1.29, 1.82) is 0 Å². The second kappa shape index (κ2) is 7.66. The van der Waals surface area contributed by atoms with Crippen LogP contribution in [-0.2, 0) is 17.6 Å². The molecule has 2 unspecified atom stereocenters. The van der Waals surface area contributed by atoms with Crippen molar-refractivity contribution in [3.63, 3.8) is 0 Å². The maximum absolute atomic E-state index is 5.70. The van der Waals surface area contributed by atoms with Gasteiger partial charge >= 0.3 is 0 Å². The molecule has 0 spiro atoms. The normalized spacial score (nSPS) is 20.6. The Kier molecular flexibility index (Phi) is 5.87. The van der Waals surface area contributed by atoms with Crippen molar-refractivity contribution in [3.8, 4) is 0 Å². The number of nitrogens with one attached hydrogen (secondary N) is 1. The van der Waals surface area contributed by atoms with E-state index < -0.39 is 0 Å². The first kappa shape index (κ1) is 14.5. The van der Waals surface area contributed by atoms with E-state index in [9.17, 15) is 0 Å². The maximum Gasteiger partial charge on any atom is 0.0576 e. The lowest BCUT2D eigenvalue weighted by molar-refractivity contribution is 0.0998. The molecule has 2 nitrogen and oxygen atoms in total. The largest absolute Gasteiger partial charge is 0.378 e. The van der Waals surface area contributed by atoms with Crippen LogP contribution in [0.2, 0.25) is 0 Å². The first-order valence-electron chi connectivity index (χ1n) is 7.68. The molecular formula is C17H27NO. The van der Waals surface area contributed by atoms with Crippen molar-refractivity contribution in [2.24, 2.45) is 0 Å². The Morgan fingerprint density at radius 1 is 1.26 bits per heavy atom. The first-order chi connectivity index (χ1) is 9.31. The van der Waals surface area contributed by atoms with E-state index in [1.54, 1.807) is 0 Å². The summed E-state index contributed by atoms with van der Waals surface area (Å²) >= 11 is 0. The standard InChI is InChI=1S/C17H27NO/c1-3-14-6-8-15(9-7-14)13-16(18-2)10-11-17-5-4-12-19-17/h6-9,16-18H,3-5,10-13H2,1-2H3. The Bertz CT molecular complexity index is 354. The van der Waals surface area contributed by atoms with Crippen molar-refractivity contribution >= 4 is 0 Å². The lowest BCUT2D eigenvalue weighted by Gasteiger charge is -2.18. The number of benzene rings is 1. The van der Waals surface area contributed by atoms with Gasteiger partial charge in [0.2, 0.25) is 0 Å². The molecule has 0 amide bonds. The van der Waals surface area contributed by atoms with Crippen LogP contribution in [0.25, 0.3) is 0 Å². The molecular weight excluding hydrogens is 234 g/mol. The molecule has 1 saturated heterocycles. The van der Waals surface area contributed by atoms with Gasteiger partial charge in [-0.3, -0.25) is 0 Å². The van der Waals surface area contributed by atoms with Crippen molar-refractivity contribution in [2.45, 2.75) is 57.6 Å². The monoisotopic (exact) mass is 261 g/mol. The smallest absolute Gasteiger partial charge is 0.0576 e. The van der Waals surface area contributed by atoms with Crippen LogP contribution in [0, 0.1) is 0 Å². The third-order valence-electron chi connectivity index (χ3n) is 4.18. The topological polar surface area (TPSA) is 21.3 Å². The number of likely N-dealkylation sites (N-methyl/N-ethyl adjacent to an activating group) is 1. The SMILES string of the molecule is CCc1ccc(CC(CCC2CCCO2)NC)cc1. The average molecular weight is 261 g/mol. The molecule has 1 aliphatic heterocycles. The van der Waals surface area contributed by atoms with Gasteiger partial charge in [0.05, 0.1) is 6.10 Å². The zero-order valence-electron chi connectivity index (χ0n) is 12.3. The molecule has 19 heavy (non-hydrogen) atoms. The molecule has 1 aromatic carbocycles. The molecule has 1 N–H and O–H groups in total. The highest BCUT2D eigenvalue weighted by molar-refractivity contribution is 5.23. The van der Waals surface area contributed by atoms with Crippen LogP contribution < -0.4 is 5.32 Å². The second-order valence-corrected chi connectivity index (χ2v) is 5.57. The Morgan fingerprint density at radius 2 is 2.00 bits per heavy atom. The van der Waals surface area contributed by atoms with Crippen molar-refractivity contribution in [1.82, 2.24) is 5.32 Å². The third-order valence-corrected chi connectivity index (χ3v) is 4.18. The van der Waals surface area contributed by atoms with E-state index in [4.69, 9.17) is 4.74 Å². The summed E-state index contributed by atoms with van der Waals surface area (Å²) in [5.74, 6) is 0. The zero-order valence-corrected chi connectivity index (χ0v) is 12.3. The fourth-order valence-electron chi connectivity index (χ4n) is 2.80. The van der Waals surface area contributed by atoms with Gasteiger partial charge in [-0.1, -0.05) is 31.2 Å². The maximum atomic E-state index is 5.70. The van der Waals surface area contributed by atoms with Crippen molar-refractivity contribution in [2.75, 3.05) is 13.7 Å². The lowest BCUT2D eigenvalue weighted by atomic mass is 9.98. The molecule has 2 rings (SSSR count). The molecule has 1 aromatic rings. The predicted molar refractivity (Wildman–Crippen MR) is 80.6 cm³/mol. The van der Waals surface area contributed by atoms with E-state index in [0.717, 1.165) is 19.4 Å². The average Bonchev–Trinajstić information content (AvgIpc) is 2.97. The van der Waals surface area contributed by atoms with Gasteiger partial charge in [0.25, 0.3) is 0 Å². The van der Waals surface area contributed by atoms with E-state index in [1.165, 1.54) is 36.8 Å². The minimum Gasteiger partial charge on any atom is -0.378 e. The van der Waals surface area contributed by atoms with Gasteiger partial charge in [-0.25, -0.2) is 0 Å². The van der Waals surface area contributed by atoms with Crippen LogP contribution in [0.3, 0.4) is 0 Å². The minimum absolute atomic E-state index is 0.512. The quantitative estimate of drug-likeness (QED) is 0.813. The molecule has 1 fully saturated rings. The zero-order chi connectivity index (χ0) is 13.5. The minimum atomic E-state index is 0.512. The molecule has 1 heterocycles. The van der Waals surface area contributed by atoms with Crippen LogP contribution in [-0.4, -0.2) is 25.8 Å². The molecule has 106 valence electrons. The number of rotatable bonds is 7. The fraction of sp³-hybridized carbons (Fsp3) is 0.647. The summed E-state index contributed by atoms with van der Waals surface area (Å²) in [7, 11) is 2.07. The van der Waals surface area contributed by atoms with E-state index >= 15 is 0 Å². The molecule has 0 saturated carbocycles. The number of aryl methyl sites for hydroxylation is 1. The van der Waals surface area contributed by atoms with Gasteiger partial charge in [-0.2, -0.15) is 0 Å².